The molecule has 5 nitrogen and oxygen atoms in total. The van der Waals surface area contributed by atoms with E-state index < -0.39 is 11.6 Å². The van der Waals surface area contributed by atoms with Crippen molar-refractivity contribution in [3.05, 3.63) is 29.8 Å². The molecular formula is C16H24N2O3. The number of rotatable bonds is 5. The summed E-state index contributed by atoms with van der Waals surface area (Å²) in [7, 11) is 0. The summed E-state index contributed by atoms with van der Waals surface area (Å²) in [5, 5.41) is 22.2. The van der Waals surface area contributed by atoms with Gasteiger partial charge in [0.15, 0.2) is 0 Å². The van der Waals surface area contributed by atoms with Gasteiger partial charge in [0.05, 0.1) is 11.2 Å². The van der Waals surface area contributed by atoms with Crippen molar-refractivity contribution in [2.45, 2.75) is 38.3 Å². The average Bonchev–Trinajstić information content (AvgIpc) is 2.40. The molecule has 3 N–H and O–H groups in total. The summed E-state index contributed by atoms with van der Waals surface area (Å²) >= 11 is 0. The van der Waals surface area contributed by atoms with E-state index in [-0.39, 0.29) is 0 Å². The van der Waals surface area contributed by atoms with E-state index in [0.29, 0.717) is 18.2 Å². The van der Waals surface area contributed by atoms with Gasteiger partial charge in [-0.15, -0.1) is 0 Å². The van der Waals surface area contributed by atoms with Crippen molar-refractivity contribution in [2.75, 3.05) is 25.0 Å². The van der Waals surface area contributed by atoms with Gasteiger partial charge in [-0.25, -0.2) is 4.79 Å². The molecule has 1 aromatic rings. The molecule has 0 atom stereocenters. The molecule has 0 aromatic heterocycles. The van der Waals surface area contributed by atoms with Gasteiger partial charge in [0, 0.05) is 31.4 Å². The van der Waals surface area contributed by atoms with Gasteiger partial charge in [0.25, 0.3) is 0 Å². The monoisotopic (exact) mass is 292 g/mol. The largest absolute Gasteiger partial charge is 0.478 e. The van der Waals surface area contributed by atoms with Crippen molar-refractivity contribution < 1.29 is 15.0 Å². The number of nitrogens with zero attached hydrogens (tertiary/aromatic N) is 1. The second kappa shape index (κ2) is 6.45. The summed E-state index contributed by atoms with van der Waals surface area (Å²) < 4.78 is 0. The van der Waals surface area contributed by atoms with E-state index in [1.165, 1.54) is 0 Å². The standard InChI is InChI=1S/C16H24N2O3/c1-16(2,21)11-18-9-7-14(8-10-18)17-13-5-3-12(4-6-13)15(19)20/h3-6,14,17,21H,7-11H2,1-2H3,(H,19,20). The van der Waals surface area contributed by atoms with Gasteiger partial charge in [0.1, 0.15) is 0 Å². The predicted molar refractivity (Wildman–Crippen MR) is 82.8 cm³/mol. The minimum Gasteiger partial charge on any atom is -0.478 e. The van der Waals surface area contributed by atoms with Crippen LogP contribution in [0.15, 0.2) is 24.3 Å². The van der Waals surface area contributed by atoms with Gasteiger partial charge in [-0.05, 0) is 51.0 Å². The Labute approximate surface area is 125 Å². The number of carboxylic acid groups (broad SMARTS) is 1. The second-order valence-electron chi connectivity index (χ2n) is 6.39. The summed E-state index contributed by atoms with van der Waals surface area (Å²) in [6.07, 6.45) is 2.05. The normalized spacial score (nSPS) is 17.7. The van der Waals surface area contributed by atoms with Crippen molar-refractivity contribution in [3.8, 4) is 0 Å². The van der Waals surface area contributed by atoms with E-state index in [1.807, 2.05) is 26.0 Å². The van der Waals surface area contributed by atoms with Crippen LogP contribution in [0.5, 0.6) is 0 Å². The van der Waals surface area contributed by atoms with Crippen molar-refractivity contribution in [1.82, 2.24) is 4.90 Å². The van der Waals surface area contributed by atoms with Crippen molar-refractivity contribution >= 4 is 11.7 Å². The molecule has 1 aromatic carbocycles. The van der Waals surface area contributed by atoms with Crippen LogP contribution in [-0.2, 0) is 0 Å². The van der Waals surface area contributed by atoms with Gasteiger partial charge < -0.3 is 20.4 Å². The first-order chi connectivity index (χ1) is 9.83. The summed E-state index contributed by atoms with van der Waals surface area (Å²) in [5.41, 5.74) is 0.619. The van der Waals surface area contributed by atoms with Crippen molar-refractivity contribution in [2.24, 2.45) is 0 Å². The molecule has 0 bridgehead atoms. The van der Waals surface area contributed by atoms with Gasteiger partial charge >= 0.3 is 5.97 Å². The Bertz CT molecular complexity index is 471. The van der Waals surface area contributed by atoms with Gasteiger partial charge in [-0.3, -0.25) is 0 Å². The molecular weight excluding hydrogens is 268 g/mol. The summed E-state index contributed by atoms with van der Waals surface area (Å²) in [4.78, 5) is 13.1. The zero-order valence-corrected chi connectivity index (χ0v) is 12.7. The number of nitrogens with one attached hydrogen (secondary N) is 1. The van der Waals surface area contributed by atoms with Gasteiger partial charge in [-0.2, -0.15) is 0 Å². The molecule has 0 amide bonds. The third-order valence-corrected chi connectivity index (χ3v) is 3.70. The lowest BCUT2D eigenvalue weighted by Crippen LogP contribution is -2.45. The number of piperidine rings is 1. The fourth-order valence-corrected chi connectivity index (χ4v) is 2.73. The lowest BCUT2D eigenvalue weighted by atomic mass is 10.0. The minimum absolute atomic E-state index is 0.306. The molecule has 1 saturated heterocycles. The van der Waals surface area contributed by atoms with E-state index in [9.17, 15) is 9.90 Å². The maximum absolute atomic E-state index is 10.8. The zero-order chi connectivity index (χ0) is 15.5. The number of aromatic carboxylic acids is 1. The molecule has 1 aliphatic heterocycles. The van der Waals surface area contributed by atoms with E-state index in [0.717, 1.165) is 31.6 Å². The number of anilines is 1. The lowest BCUT2D eigenvalue weighted by molar-refractivity contribution is 0.0291. The molecule has 0 spiro atoms. The molecule has 0 aliphatic carbocycles. The first-order valence-electron chi connectivity index (χ1n) is 7.38. The number of likely N-dealkylation sites (tertiary alicyclic amines) is 1. The zero-order valence-electron chi connectivity index (χ0n) is 12.7. The average molecular weight is 292 g/mol. The fourth-order valence-electron chi connectivity index (χ4n) is 2.73. The van der Waals surface area contributed by atoms with Crippen LogP contribution in [0, 0.1) is 0 Å². The molecule has 2 rings (SSSR count). The number of carboxylic acids is 1. The Morgan fingerprint density at radius 1 is 1.29 bits per heavy atom. The Morgan fingerprint density at radius 3 is 2.33 bits per heavy atom. The van der Waals surface area contributed by atoms with Crippen LogP contribution in [0.1, 0.15) is 37.0 Å². The van der Waals surface area contributed by atoms with Crippen LogP contribution in [0.3, 0.4) is 0 Å². The van der Waals surface area contributed by atoms with Crippen LogP contribution in [0.2, 0.25) is 0 Å². The van der Waals surface area contributed by atoms with Crippen LogP contribution >= 0.6 is 0 Å². The van der Waals surface area contributed by atoms with Crippen molar-refractivity contribution in [3.63, 3.8) is 0 Å². The molecule has 1 heterocycles. The predicted octanol–water partition coefficient (Wildman–Crippen LogP) is 2.03. The lowest BCUT2D eigenvalue weighted by Gasteiger charge is -2.35. The third-order valence-electron chi connectivity index (χ3n) is 3.70. The molecule has 116 valence electrons. The second-order valence-corrected chi connectivity index (χ2v) is 6.39. The quantitative estimate of drug-likeness (QED) is 0.774. The Hall–Kier alpha value is -1.59. The Balaban J connectivity index is 1.82. The highest BCUT2D eigenvalue weighted by atomic mass is 16.4. The van der Waals surface area contributed by atoms with Crippen molar-refractivity contribution in [1.29, 1.82) is 0 Å². The number of aliphatic hydroxyl groups is 1. The third kappa shape index (κ3) is 5.02. The van der Waals surface area contributed by atoms with E-state index in [2.05, 4.69) is 10.2 Å². The first-order valence-corrected chi connectivity index (χ1v) is 7.38. The van der Waals surface area contributed by atoms with E-state index in [4.69, 9.17) is 5.11 Å². The number of benzene rings is 1. The highest BCUT2D eigenvalue weighted by Crippen LogP contribution is 2.18. The smallest absolute Gasteiger partial charge is 0.335 e. The topological polar surface area (TPSA) is 72.8 Å². The summed E-state index contributed by atoms with van der Waals surface area (Å²) in [6.45, 7) is 6.31. The first kappa shape index (κ1) is 15.8. The SMILES string of the molecule is CC(C)(O)CN1CCC(Nc2ccc(C(=O)O)cc2)CC1. The summed E-state index contributed by atoms with van der Waals surface area (Å²) in [6, 6.07) is 7.26. The highest BCUT2D eigenvalue weighted by molar-refractivity contribution is 5.87. The molecule has 21 heavy (non-hydrogen) atoms. The molecule has 0 saturated carbocycles. The molecule has 5 heteroatoms. The maximum atomic E-state index is 10.8. The van der Waals surface area contributed by atoms with Crippen LogP contribution in [0.25, 0.3) is 0 Å². The Kier molecular flexibility index (Phi) is 4.85. The summed E-state index contributed by atoms with van der Waals surface area (Å²) in [5.74, 6) is -0.901. The number of carbonyl (C=O) groups is 1. The van der Waals surface area contributed by atoms with Crippen LogP contribution in [-0.4, -0.2) is 52.4 Å². The number of hydrogen-bond acceptors (Lipinski definition) is 4. The van der Waals surface area contributed by atoms with E-state index >= 15 is 0 Å². The van der Waals surface area contributed by atoms with Crippen LogP contribution < -0.4 is 5.32 Å². The minimum atomic E-state index is -0.901. The molecule has 1 aliphatic rings. The van der Waals surface area contributed by atoms with Crippen LogP contribution in [0.4, 0.5) is 5.69 Å². The maximum Gasteiger partial charge on any atom is 0.335 e. The van der Waals surface area contributed by atoms with E-state index in [1.54, 1.807) is 12.1 Å². The van der Waals surface area contributed by atoms with Gasteiger partial charge in [-0.1, -0.05) is 0 Å². The Morgan fingerprint density at radius 2 is 1.86 bits per heavy atom. The molecule has 1 fully saturated rings. The number of β-amino-alcohol motifs (C(OH)–C–C–N with tert-alkyl or cyclic N) is 1. The number of hydrogen-bond donors (Lipinski definition) is 3. The molecule has 0 unspecified atom stereocenters. The fraction of sp³-hybridized carbons (Fsp3) is 0.562. The molecule has 0 radical (unpaired) electrons. The van der Waals surface area contributed by atoms with Gasteiger partial charge in [0.2, 0.25) is 0 Å². The highest BCUT2D eigenvalue weighted by Gasteiger charge is 2.23.